The van der Waals surface area contributed by atoms with Gasteiger partial charge in [0.1, 0.15) is 5.65 Å². The van der Waals surface area contributed by atoms with Gasteiger partial charge in [0, 0.05) is 85.1 Å². The maximum absolute atomic E-state index is 11.5. The van der Waals surface area contributed by atoms with Crippen molar-refractivity contribution >= 4 is 40.1 Å². The number of pyridine rings is 2. The Balaban J connectivity index is 1.26. The fraction of sp³-hybridized carbons (Fsp3) is 0.306. The molecule has 0 spiro atoms. The molecule has 1 aliphatic rings. The Morgan fingerprint density at radius 2 is 1.57 bits per heavy atom. The number of ether oxygens (including phenoxy) is 1. The number of amides is 1. The van der Waals surface area contributed by atoms with Crippen LogP contribution in [0, 0.1) is 0 Å². The number of carbonyl (C=O) groups excluding carboxylic acids is 1. The lowest BCUT2D eigenvalue weighted by molar-refractivity contribution is -0.119. The summed E-state index contributed by atoms with van der Waals surface area (Å²) in [5.74, 6) is 0.613. The summed E-state index contributed by atoms with van der Waals surface area (Å²) < 4.78 is 7.66. The number of hydrogen-bond acceptors (Lipinski definition) is 7. The van der Waals surface area contributed by atoms with E-state index in [0.717, 1.165) is 56.5 Å². The van der Waals surface area contributed by atoms with Crippen molar-refractivity contribution in [2.24, 2.45) is 7.05 Å². The molecule has 0 saturated carbocycles. The average molecular weight is 674 g/mol. The molecule has 2 atom stereocenters. The summed E-state index contributed by atoms with van der Waals surface area (Å²) in [7, 11) is 3.58. The standard InChI is InChI=1S/C36H38Cl2N6O3/c1-21(45)16-39-18-23-20-44(2)35-25(23)12-14-30(42-35)28-8-4-6-26(33(28)37)27-7-5-9-29(34(27)38)31-13-10-22(36(43-31)47-3)17-40-19-24-11-15-32(46)41-24/h4-10,12-14,20-21,24,39-40,45H,11,15-19H2,1-3H3,(H,41,46). The molecular formula is C36H38Cl2N6O3. The van der Waals surface area contributed by atoms with Gasteiger partial charge in [-0.15, -0.1) is 0 Å². The van der Waals surface area contributed by atoms with E-state index in [2.05, 4.69) is 28.2 Å². The number of nitrogens with zero attached hydrogens (tertiary/aromatic N) is 3. The number of aliphatic hydroxyl groups excluding tert-OH is 1. The van der Waals surface area contributed by atoms with Gasteiger partial charge in [0.15, 0.2) is 0 Å². The van der Waals surface area contributed by atoms with E-state index in [4.69, 9.17) is 37.9 Å². The first-order valence-corrected chi connectivity index (χ1v) is 16.4. The van der Waals surface area contributed by atoms with E-state index in [1.807, 2.05) is 66.2 Å². The maximum atomic E-state index is 11.5. The van der Waals surface area contributed by atoms with Crippen molar-refractivity contribution in [2.75, 3.05) is 20.2 Å². The van der Waals surface area contributed by atoms with E-state index in [9.17, 15) is 9.90 Å². The summed E-state index contributed by atoms with van der Waals surface area (Å²) in [6, 6.07) is 19.8. The number of hydrogen-bond donors (Lipinski definition) is 4. The van der Waals surface area contributed by atoms with Gasteiger partial charge in [-0.25, -0.2) is 9.97 Å². The molecule has 4 N–H and O–H groups in total. The number of nitrogens with one attached hydrogen (secondary N) is 3. The number of halogens is 2. The second-order valence-corrected chi connectivity index (χ2v) is 12.7. The predicted octanol–water partition coefficient (Wildman–Crippen LogP) is 6.12. The quantitative estimate of drug-likeness (QED) is 0.126. The molecule has 6 rings (SSSR count). The van der Waals surface area contributed by atoms with Gasteiger partial charge in [0.2, 0.25) is 11.8 Å². The molecule has 0 radical (unpaired) electrons. The van der Waals surface area contributed by atoms with Gasteiger partial charge in [-0.3, -0.25) is 4.79 Å². The molecule has 0 aliphatic carbocycles. The van der Waals surface area contributed by atoms with Crippen molar-refractivity contribution in [1.29, 1.82) is 0 Å². The number of methoxy groups -OCH3 is 1. The van der Waals surface area contributed by atoms with Crippen LogP contribution in [0.2, 0.25) is 10.0 Å². The molecule has 11 heteroatoms. The largest absolute Gasteiger partial charge is 0.481 e. The lowest BCUT2D eigenvalue weighted by Gasteiger charge is -2.15. The molecule has 2 unspecified atom stereocenters. The van der Waals surface area contributed by atoms with Crippen LogP contribution < -0.4 is 20.7 Å². The molecule has 4 heterocycles. The van der Waals surface area contributed by atoms with E-state index in [-0.39, 0.29) is 11.9 Å². The summed E-state index contributed by atoms with van der Waals surface area (Å²) in [6.45, 7) is 4.16. The third-order valence-corrected chi connectivity index (χ3v) is 9.24. The summed E-state index contributed by atoms with van der Waals surface area (Å²) in [4.78, 5) is 21.3. The molecule has 1 saturated heterocycles. The Labute approximate surface area is 284 Å². The third kappa shape index (κ3) is 7.15. The van der Waals surface area contributed by atoms with E-state index in [1.165, 1.54) is 0 Å². The van der Waals surface area contributed by atoms with Gasteiger partial charge < -0.3 is 30.4 Å². The number of aromatic nitrogens is 3. The van der Waals surface area contributed by atoms with Crippen LogP contribution in [-0.2, 0) is 24.9 Å². The number of carbonyl (C=O) groups is 1. The summed E-state index contributed by atoms with van der Waals surface area (Å²) in [6.07, 6.45) is 3.06. The third-order valence-electron chi connectivity index (χ3n) is 8.42. The first-order valence-electron chi connectivity index (χ1n) is 15.7. The van der Waals surface area contributed by atoms with Crippen LogP contribution in [0.25, 0.3) is 44.7 Å². The van der Waals surface area contributed by atoms with Crippen LogP contribution in [-0.4, -0.2) is 57.9 Å². The lowest BCUT2D eigenvalue weighted by atomic mass is 9.98. The second kappa shape index (κ2) is 14.4. The van der Waals surface area contributed by atoms with Crippen molar-refractivity contribution in [2.45, 2.75) is 45.0 Å². The van der Waals surface area contributed by atoms with E-state index >= 15 is 0 Å². The Morgan fingerprint density at radius 3 is 2.21 bits per heavy atom. The topological polar surface area (TPSA) is 113 Å². The Hall–Kier alpha value is -3.99. The smallest absolute Gasteiger partial charge is 0.220 e. The fourth-order valence-electron chi connectivity index (χ4n) is 6.06. The maximum Gasteiger partial charge on any atom is 0.220 e. The molecule has 9 nitrogen and oxygen atoms in total. The monoisotopic (exact) mass is 672 g/mol. The van der Waals surface area contributed by atoms with Crippen LogP contribution in [0.3, 0.4) is 0 Å². The molecule has 1 aliphatic heterocycles. The van der Waals surface area contributed by atoms with Crippen LogP contribution >= 0.6 is 23.2 Å². The molecule has 0 bridgehead atoms. The van der Waals surface area contributed by atoms with Gasteiger partial charge in [0.05, 0.1) is 34.6 Å². The summed E-state index contributed by atoms with van der Waals surface area (Å²) in [5, 5.41) is 21.4. The van der Waals surface area contributed by atoms with Gasteiger partial charge >= 0.3 is 0 Å². The molecular weight excluding hydrogens is 635 g/mol. The Kier molecular flexibility index (Phi) is 10.1. The van der Waals surface area contributed by atoms with Crippen molar-refractivity contribution in [1.82, 2.24) is 30.5 Å². The summed E-state index contributed by atoms with van der Waals surface area (Å²) in [5.41, 5.74) is 7.45. The average Bonchev–Trinajstić information content (AvgIpc) is 3.62. The highest BCUT2D eigenvalue weighted by molar-refractivity contribution is 6.39. The van der Waals surface area contributed by atoms with E-state index in [1.54, 1.807) is 14.0 Å². The minimum absolute atomic E-state index is 0.103. The SMILES string of the molecule is COc1nc(-c2cccc(-c3cccc(-c4ccc5c(CNCC(C)O)cn(C)c5n4)c3Cl)c2Cl)ccc1CNCC1CCC(=O)N1. The first kappa shape index (κ1) is 32.9. The van der Waals surface area contributed by atoms with Crippen molar-refractivity contribution in [3.8, 4) is 39.5 Å². The van der Waals surface area contributed by atoms with Gasteiger partial charge in [-0.05, 0) is 37.1 Å². The zero-order valence-electron chi connectivity index (χ0n) is 26.6. The molecule has 47 heavy (non-hydrogen) atoms. The van der Waals surface area contributed by atoms with E-state index < -0.39 is 6.10 Å². The minimum atomic E-state index is -0.412. The molecule has 1 amide bonds. The zero-order chi connectivity index (χ0) is 33.1. The second-order valence-electron chi connectivity index (χ2n) is 11.9. The highest BCUT2D eigenvalue weighted by atomic mass is 35.5. The minimum Gasteiger partial charge on any atom is -0.481 e. The van der Waals surface area contributed by atoms with Crippen molar-refractivity contribution < 1.29 is 14.6 Å². The van der Waals surface area contributed by atoms with Crippen LogP contribution in [0.15, 0.2) is 66.9 Å². The fourth-order valence-corrected chi connectivity index (χ4v) is 6.71. The highest BCUT2D eigenvalue weighted by Gasteiger charge is 2.21. The van der Waals surface area contributed by atoms with Gasteiger partial charge in [-0.1, -0.05) is 65.7 Å². The van der Waals surface area contributed by atoms with Crippen LogP contribution in [0.5, 0.6) is 5.88 Å². The normalized spacial score (nSPS) is 15.3. The predicted molar refractivity (Wildman–Crippen MR) is 188 cm³/mol. The lowest BCUT2D eigenvalue weighted by Crippen LogP contribution is -2.35. The number of rotatable bonds is 12. The molecule has 5 aromatic rings. The van der Waals surface area contributed by atoms with E-state index in [0.29, 0.717) is 54.2 Å². The number of benzene rings is 2. The van der Waals surface area contributed by atoms with Crippen molar-refractivity contribution in [3.63, 3.8) is 0 Å². The number of aliphatic hydroxyl groups is 1. The van der Waals surface area contributed by atoms with Crippen molar-refractivity contribution in [3.05, 3.63) is 88.0 Å². The zero-order valence-corrected chi connectivity index (χ0v) is 28.1. The highest BCUT2D eigenvalue weighted by Crippen LogP contribution is 2.42. The Morgan fingerprint density at radius 1 is 0.936 bits per heavy atom. The first-order chi connectivity index (χ1) is 22.7. The molecule has 244 valence electrons. The summed E-state index contributed by atoms with van der Waals surface area (Å²) >= 11 is 14.2. The molecule has 2 aromatic carbocycles. The Bertz CT molecular complexity index is 1930. The van der Waals surface area contributed by atoms with Gasteiger partial charge in [0.25, 0.3) is 0 Å². The molecule has 1 fully saturated rings. The number of fused-ring (bicyclic) bond motifs is 1. The van der Waals surface area contributed by atoms with Crippen LogP contribution in [0.1, 0.15) is 30.9 Å². The van der Waals surface area contributed by atoms with Gasteiger partial charge in [-0.2, -0.15) is 0 Å². The number of aryl methyl sites for hydroxylation is 1. The molecule has 3 aromatic heterocycles. The van der Waals surface area contributed by atoms with Crippen LogP contribution in [0.4, 0.5) is 0 Å².